The summed E-state index contributed by atoms with van der Waals surface area (Å²) in [5, 5.41) is 1.89. The molecule has 1 fully saturated rings. The van der Waals surface area contributed by atoms with Crippen LogP contribution in [0.4, 0.5) is 10.2 Å². The molecule has 1 aromatic rings. The predicted molar refractivity (Wildman–Crippen MR) is 67.7 cm³/mol. The number of nitrogen functional groups attached to an aromatic ring is 1. The minimum Gasteiger partial charge on any atom is -0.383 e. The highest BCUT2D eigenvalue weighted by atomic mass is 32.2. The van der Waals surface area contributed by atoms with E-state index in [2.05, 4.69) is 10.3 Å². The first-order chi connectivity index (χ1) is 8.90. The van der Waals surface area contributed by atoms with Gasteiger partial charge >= 0.3 is 0 Å². The summed E-state index contributed by atoms with van der Waals surface area (Å²) in [6, 6.07) is 0.973. The topological polar surface area (TPSA) is 102 Å². The molecule has 0 saturated carbocycles. The molecule has 2 heterocycles. The standard InChI is InChI=1S/C11H14FN3O3S/c12-7-4-9(10(13)14-5-7)11(16)15-6-8-2-1-3-19(8,17)18/h4-5,8H,1-3,6H2,(H2,13,14)(H,15,16). The molecular formula is C11H14FN3O3S. The van der Waals surface area contributed by atoms with E-state index in [-0.39, 0.29) is 23.7 Å². The largest absolute Gasteiger partial charge is 0.383 e. The summed E-state index contributed by atoms with van der Waals surface area (Å²) >= 11 is 0. The number of carbonyl (C=O) groups is 1. The number of hydrogen-bond donors (Lipinski definition) is 2. The van der Waals surface area contributed by atoms with Crippen molar-refractivity contribution >= 4 is 21.6 Å². The minimum absolute atomic E-state index is 0.0110. The Hall–Kier alpha value is -1.70. The van der Waals surface area contributed by atoms with E-state index in [0.29, 0.717) is 12.8 Å². The fourth-order valence-electron chi connectivity index (χ4n) is 2.02. The van der Waals surface area contributed by atoms with Crippen molar-refractivity contribution in [1.82, 2.24) is 10.3 Å². The number of carbonyl (C=O) groups excluding carboxylic acids is 1. The van der Waals surface area contributed by atoms with Crippen molar-refractivity contribution in [1.29, 1.82) is 0 Å². The summed E-state index contributed by atoms with van der Waals surface area (Å²) in [6.07, 6.45) is 2.04. The van der Waals surface area contributed by atoms with Crippen LogP contribution in [0, 0.1) is 5.82 Å². The minimum atomic E-state index is -3.12. The van der Waals surface area contributed by atoms with Gasteiger partial charge in [0.1, 0.15) is 11.6 Å². The molecule has 0 bridgehead atoms. The number of nitrogens with one attached hydrogen (secondary N) is 1. The summed E-state index contributed by atoms with van der Waals surface area (Å²) in [5.74, 6) is -1.23. The quantitative estimate of drug-likeness (QED) is 0.821. The zero-order valence-electron chi connectivity index (χ0n) is 10.1. The summed E-state index contributed by atoms with van der Waals surface area (Å²) < 4.78 is 36.1. The van der Waals surface area contributed by atoms with Gasteiger partial charge in [-0.15, -0.1) is 0 Å². The molecular weight excluding hydrogens is 273 g/mol. The van der Waals surface area contributed by atoms with Crippen molar-refractivity contribution in [2.45, 2.75) is 18.1 Å². The Morgan fingerprint density at radius 3 is 2.95 bits per heavy atom. The molecule has 1 aromatic heterocycles. The van der Waals surface area contributed by atoms with Crippen molar-refractivity contribution in [3.63, 3.8) is 0 Å². The van der Waals surface area contributed by atoms with Gasteiger partial charge in [-0.05, 0) is 18.9 Å². The van der Waals surface area contributed by atoms with Gasteiger partial charge in [0, 0.05) is 6.54 Å². The smallest absolute Gasteiger partial charge is 0.255 e. The number of rotatable bonds is 3. The lowest BCUT2D eigenvalue weighted by molar-refractivity contribution is 0.0953. The van der Waals surface area contributed by atoms with Gasteiger partial charge in [-0.1, -0.05) is 0 Å². The fraction of sp³-hybridized carbons (Fsp3) is 0.455. The number of anilines is 1. The Kier molecular flexibility index (Phi) is 3.70. The summed E-state index contributed by atoms with van der Waals surface area (Å²) in [7, 11) is -3.12. The second-order valence-corrected chi connectivity index (χ2v) is 6.83. The highest BCUT2D eigenvalue weighted by Crippen LogP contribution is 2.19. The van der Waals surface area contributed by atoms with Crippen LogP contribution in [0.3, 0.4) is 0 Å². The summed E-state index contributed by atoms with van der Waals surface area (Å²) in [5.41, 5.74) is 5.38. The van der Waals surface area contributed by atoms with Gasteiger partial charge in [0.15, 0.2) is 9.84 Å². The Labute approximate surface area is 110 Å². The van der Waals surface area contributed by atoms with Crippen LogP contribution in [0.15, 0.2) is 12.3 Å². The van der Waals surface area contributed by atoms with Crippen LogP contribution < -0.4 is 11.1 Å². The maximum Gasteiger partial charge on any atom is 0.255 e. The molecule has 0 radical (unpaired) electrons. The number of sulfone groups is 1. The Morgan fingerprint density at radius 2 is 2.32 bits per heavy atom. The van der Waals surface area contributed by atoms with Crippen molar-refractivity contribution < 1.29 is 17.6 Å². The zero-order valence-corrected chi connectivity index (χ0v) is 10.9. The van der Waals surface area contributed by atoms with E-state index in [1.54, 1.807) is 0 Å². The third-order valence-corrected chi connectivity index (χ3v) is 5.36. The molecule has 0 spiro atoms. The Morgan fingerprint density at radius 1 is 1.58 bits per heavy atom. The number of pyridine rings is 1. The van der Waals surface area contributed by atoms with E-state index >= 15 is 0 Å². The lowest BCUT2D eigenvalue weighted by Crippen LogP contribution is -2.35. The van der Waals surface area contributed by atoms with E-state index in [9.17, 15) is 17.6 Å². The average molecular weight is 287 g/mol. The Balaban J connectivity index is 2.04. The molecule has 2 rings (SSSR count). The van der Waals surface area contributed by atoms with Crippen molar-refractivity contribution in [2.75, 3.05) is 18.0 Å². The van der Waals surface area contributed by atoms with E-state index in [1.165, 1.54) is 0 Å². The first-order valence-corrected chi connectivity index (χ1v) is 7.52. The number of nitrogens with zero attached hydrogens (tertiary/aromatic N) is 1. The van der Waals surface area contributed by atoms with Gasteiger partial charge in [-0.25, -0.2) is 17.8 Å². The molecule has 1 amide bonds. The molecule has 1 saturated heterocycles. The number of nitrogens with two attached hydrogens (primary N) is 1. The lowest BCUT2D eigenvalue weighted by atomic mass is 10.2. The first kappa shape index (κ1) is 13.7. The molecule has 6 nitrogen and oxygen atoms in total. The van der Waals surface area contributed by atoms with Gasteiger partial charge in [0.2, 0.25) is 0 Å². The monoisotopic (exact) mass is 287 g/mol. The second-order valence-electron chi connectivity index (χ2n) is 4.43. The van der Waals surface area contributed by atoms with Crippen LogP contribution in [-0.2, 0) is 9.84 Å². The average Bonchev–Trinajstić information content (AvgIpc) is 2.68. The van der Waals surface area contributed by atoms with Gasteiger partial charge in [0.05, 0.1) is 22.8 Å². The summed E-state index contributed by atoms with van der Waals surface area (Å²) in [4.78, 5) is 15.3. The van der Waals surface area contributed by atoms with Crippen LogP contribution in [0.1, 0.15) is 23.2 Å². The maximum absolute atomic E-state index is 13.0. The molecule has 19 heavy (non-hydrogen) atoms. The number of halogens is 1. The fourth-order valence-corrected chi connectivity index (χ4v) is 3.79. The van der Waals surface area contributed by atoms with E-state index in [1.807, 2.05) is 0 Å². The molecule has 1 aliphatic rings. The third kappa shape index (κ3) is 3.01. The molecule has 3 N–H and O–H groups in total. The SMILES string of the molecule is Nc1ncc(F)cc1C(=O)NCC1CCCS1(=O)=O. The van der Waals surface area contributed by atoms with Crippen molar-refractivity contribution in [3.8, 4) is 0 Å². The third-order valence-electron chi connectivity index (χ3n) is 3.08. The number of hydrogen-bond acceptors (Lipinski definition) is 5. The predicted octanol–water partition coefficient (Wildman–Crippen LogP) is 0.110. The number of amides is 1. The maximum atomic E-state index is 13.0. The highest BCUT2D eigenvalue weighted by molar-refractivity contribution is 7.92. The molecule has 1 aliphatic heterocycles. The van der Waals surface area contributed by atoms with E-state index in [4.69, 9.17) is 5.73 Å². The molecule has 1 unspecified atom stereocenters. The van der Waals surface area contributed by atoms with Crippen LogP contribution in [0.2, 0.25) is 0 Å². The van der Waals surface area contributed by atoms with Crippen LogP contribution in [0.25, 0.3) is 0 Å². The number of aromatic nitrogens is 1. The van der Waals surface area contributed by atoms with E-state index < -0.39 is 26.8 Å². The first-order valence-electron chi connectivity index (χ1n) is 5.81. The van der Waals surface area contributed by atoms with Gasteiger partial charge in [-0.2, -0.15) is 0 Å². The van der Waals surface area contributed by atoms with Crippen LogP contribution in [0.5, 0.6) is 0 Å². The zero-order chi connectivity index (χ0) is 14.0. The Bertz CT molecular complexity index is 603. The molecule has 1 atom stereocenters. The molecule has 0 aromatic carbocycles. The lowest BCUT2D eigenvalue weighted by Gasteiger charge is -2.11. The van der Waals surface area contributed by atoms with Gasteiger partial charge in [-0.3, -0.25) is 4.79 Å². The van der Waals surface area contributed by atoms with Gasteiger partial charge < -0.3 is 11.1 Å². The molecule has 0 aliphatic carbocycles. The van der Waals surface area contributed by atoms with Crippen LogP contribution >= 0.6 is 0 Å². The summed E-state index contributed by atoms with van der Waals surface area (Å²) in [6.45, 7) is 0.0110. The van der Waals surface area contributed by atoms with Gasteiger partial charge in [0.25, 0.3) is 5.91 Å². The molecule has 8 heteroatoms. The van der Waals surface area contributed by atoms with Crippen LogP contribution in [-0.4, -0.2) is 36.9 Å². The van der Waals surface area contributed by atoms with E-state index in [0.717, 1.165) is 12.3 Å². The normalized spacial score (nSPS) is 21.2. The second kappa shape index (κ2) is 5.12. The van der Waals surface area contributed by atoms with Crippen molar-refractivity contribution in [2.24, 2.45) is 0 Å². The molecule has 104 valence electrons. The van der Waals surface area contributed by atoms with Crippen molar-refractivity contribution in [3.05, 3.63) is 23.6 Å². The highest BCUT2D eigenvalue weighted by Gasteiger charge is 2.31.